The monoisotopic (exact) mass is 235 g/mol. The van der Waals surface area contributed by atoms with Crippen LogP contribution in [0.15, 0.2) is 30.3 Å². The highest BCUT2D eigenvalue weighted by molar-refractivity contribution is 5.78. The van der Waals surface area contributed by atoms with Gasteiger partial charge in [-0.3, -0.25) is 4.79 Å². The Morgan fingerprint density at radius 1 is 1.35 bits per heavy atom. The zero-order valence-electron chi connectivity index (χ0n) is 10.4. The highest BCUT2D eigenvalue weighted by Gasteiger charge is 2.15. The topological polar surface area (TPSA) is 49.3 Å². The molecule has 94 valence electrons. The van der Waals surface area contributed by atoms with Crippen molar-refractivity contribution in [1.82, 2.24) is 5.32 Å². The smallest absolute Gasteiger partial charge is 0.223 e. The Morgan fingerprint density at radius 2 is 2.06 bits per heavy atom. The molecule has 1 atom stereocenters. The van der Waals surface area contributed by atoms with Crippen molar-refractivity contribution in [2.75, 3.05) is 13.2 Å². The second-order valence-corrected chi connectivity index (χ2v) is 4.16. The van der Waals surface area contributed by atoms with Gasteiger partial charge in [0.25, 0.3) is 0 Å². The van der Waals surface area contributed by atoms with Gasteiger partial charge in [-0.25, -0.2) is 0 Å². The van der Waals surface area contributed by atoms with Crippen LogP contribution in [0.4, 0.5) is 0 Å². The van der Waals surface area contributed by atoms with E-state index in [2.05, 4.69) is 5.32 Å². The van der Waals surface area contributed by atoms with Crippen molar-refractivity contribution in [2.45, 2.75) is 26.2 Å². The molecule has 0 saturated carbocycles. The lowest BCUT2D eigenvalue weighted by Crippen LogP contribution is -2.32. The second kappa shape index (κ2) is 7.85. The summed E-state index contributed by atoms with van der Waals surface area (Å²) in [4.78, 5) is 11.9. The van der Waals surface area contributed by atoms with Crippen LogP contribution < -0.4 is 5.32 Å². The third-order valence-corrected chi connectivity index (χ3v) is 2.82. The zero-order valence-corrected chi connectivity index (χ0v) is 10.4. The molecule has 0 fully saturated rings. The molecular formula is C14H21NO2. The summed E-state index contributed by atoms with van der Waals surface area (Å²) in [6.45, 7) is 2.70. The Bertz CT molecular complexity index is 324. The van der Waals surface area contributed by atoms with Crippen LogP contribution in [0.5, 0.6) is 0 Å². The number of aliphatic hydroxyl groups excluding tert-OH is 1. The Balaban J connectivity index is 2.45. The zero-order chi connectivity index (χ0) is 12.5. The molecule has 0 aromatic heterocycles. The molecule has 1 aromatic carbocycles. The van der Waals surface area contributed by atoms with Gasteiger partial charge in [0.15, 0.2) is 0 Å². The summed E-state index contributed by atoms with van der Waals surface area (Å²) in [5, 5.41) is 11.5. The van der Waals surface area contributed by atoms with Crippen LogP contribution in [0.25, 0.3) is 0 Å². The van der Waals surface area contributed by atoms with Crippen molar-refractivity contribution >= 4 is 5.91 Å². The predicted octanol–water partition coefficient (Wildman–Crippen LogP) is 1.75. The average molecular weight is 235 g/mol. The van der Waals surface area contributed by atoms with E-state index in [-0.39, 0.29) is 18.4 Å². The highest BCUT2D eigenvalue weighted by atomic mass is 16.3. The molecule has 3 heteroatoms. The van der Waals surface area contributed by atoms with E-state index in [0.29, 0.717) is 13.0 Å². The van der Waals surface area contributed by atoms with Crippen LogP contribution in [0.1, 0.15) is 25.3 Å². The molecule has 0 radical (unpaired) electrons. The maximum atomic E-state index is 11.9. The van der Waals surface area contributed by atoms with Crippen LogP contribution in [-0.2, 0) is 11.2 Å². The maximum Gasteiger partial charge on any atom is 0.223 e. The molecule has 1 amide bonds. The van der Waals surface area contributed by atoms with Gasteiger partial charge < -0.3 is 10.4 Å². The SMILES string of the molecule is CCC(Cc1ccccc1)C(=O)NCCCO. The summed E-state index contributed by atoms with van der Waals surface area (Å²) >= 11 is 0. The molecule has 1 unspecified atom stereocenters. The molecule has 2 N–H and O–H groups in total. The molecule has 3 nitrogen and oxygen atoms in total. The summed E-state index contributed by atoms with van der Waals surface area (Å²) in [5.74, 6) is 0.112. The first-order valence-corrected chi connectivity index (χ1v) is 6.20. The molecule has 0 saturated heterocycles. The van der Waals surface area contributed by atoms with Gasteiger partial charge in [0, 0.05) is 19.1 Å². The number of aliphatic hydroxyl groups is 1. The van der Waals surface area contributed by atoms with Crippen LogP contribution in [0.3, 0.4) is 0 Å². The van der Waals surface area contributed by atoms with E-state index < -0.39 is 0 Å². The molecule has 0 aliphatic rings. The summed E-state index contributed by atoms with van der Waals surface area (Å²) in [7, 11) is 0. The summed E-state index contributed by atoms with van der Waals surface area (Å²) < 4.78 is 0. The quantitative estimate of drug-likeness (QED) is 0.707. The molecule has 0 aliphatic heterocycles. The van der Waals surface area contributed by atoms with Crippen molar-refractivity contribution in [2.24, 2.45) is 5.92 Å². The minimum atomic E-state index is 0.0242. The minimum absolute atomic E-state index is 0.0242. The number of nitrogens with one attached hydrogen (secondary N) is 1. The fourth-order valence-corrected chi connectivity index (χ4v) is 1.76. The molecule has 1 aromatic rings. The number of rotatable bonds is 7. The van der Waals surface area contributed by atoms with E-state index >= 15 is 0 Å². The lowest BCUT2D eigenvalue weighted by atomic mass is 9.96. The molecule has 0 heterocycles. The maximum absolute atomic E-state index is 11.9. The summed E-state index contributed by atoms with van der Waals surface area (Å²) in [5.41, 5.74) is 1.19. The summed E-state index contributed by atoms with van der Waals surface area (Å²) in [6.07, 6.45) is 2.23. The Hall–Kier alpha value is -1.35. The fraction of sp³-hybridized carbons (Fsp3) is 0.500. The van der Waals surface area contributed by atoms with Crippen LogP contribution in [0.2, 0.25) is 0 Å². The average Bonchev–Trinajstić information content (AvgIpc) is 2.37. The largest absolute Gasteiger partial charge is 0.396 e. The number of hydrogen-bond donors (Lipinski definition) is 2. The Labute approximate surface area is 103 Å². The first-order valence-electron chi connectivity index (χ1n) is 6.20. The van der Waals surface area contributed by atoms with Gasteiger partial charge in [0.1, 0.15) is 0 Å². The highest BCUT2D eigenvalue weighted by Crippen LogP contribution is 2.12. The normalized spacial score (nSPS) is 12.1. The standard InChI is InChI=1S/C14H21NO2/c1-2-13(14(17)15-9-6-10-16)11-12-7-4-3-5-8-12/h3-5,7-8,13,16H,2,6,9-11H2,1H3,(H,15,17). The van der Waals surface area contributed by atoms with Crippen molar-refractivity contribution in [3.8, 4) is 0 Å². The third kappa shape index (κ3) is 5.00. The van der Waals surface area contributed by atoms with Gasteiger partial charge in [-0.05, 0) is 24.8 Å². The van der Waals surface area contributed by atoms with E-state index in [1.165, 1.54) is 5.56 Å². The van der Waals surface area contributed by atoms with E-state index in [1.807, 2.05) is 37.3 Å². The molecule has 17 heavy (non-hydrogen) atoms. The first kappa shape index (κ1) is 13.7. The predicted molar refractivity (Wildman–Crippen MR) is 68.6 cm³/mol. The van der Waals surface area contributed by atoms with E-state index in [1.54, 1.807) is 0 Å². The van der Waals surface area contributed by atoms with Gasteiger partial charge >= 0.3 is 0 Å². The fourth-order valence-electron chi connectivity index (χ4n) is 1.76. The Kier molecular flexibility index (Phi) is 6.33. The number of carbonyl (C=O) groups is 1. The number of benzene rings is 1. The van der Waals surface area contributed by atoms with E-state index in [4.69, 9.17) is 5.11 Å². The van der Waals surface area contributed by atoms with E-state index in [9.17, 15) is 4.79 Å². The molecule has 0 aliphatic carbocycles. The molecular weight excluding hydrogens is 214 g/mol. The van der Waals surface area contributed by atoms with E-state index in [0.717, 1.165) is 12.8 Å². The Morgan fingerprint density at radius 3 is 2.65 bits per heavy atom. The minimum Gasteiger partial charge on any atom is -0.396 e. The number of amides is 1. The second-order valence-electron chi connectivity index (χ2n) is 4.16. The van der Waals surface area contributed by atoms with Gasteiger partial charge in [0.05, 0.1) is 0 Å². The summed E-state index contributed by atoms with van der Waals surface area (Å²) in [6, 6.07) is 10.1. The van der Waals surface area contributed by atoms with Crippen LogP contribution >= 0.6 is 0 Å². The van der Waals surface area contributed by atoms with Crippen molar-refractivity contribution in [3.63, 3.8) is 0 Å². The van der Waals surface area contributed by atoms with Gasteiger partial charge in [-0.2, -0.15) is 0 Å². The van der Waals surface area contributed by atoms with Gasteiger partial charge in [-0.15, -0.1) is 0 Å². The lowest BCUT2D eigenvalue weighted by molar-refractivity contribution is -0.125. The van der Waals surface area contributed by atoms with Gasteiger partial charge in [-0.1, -0.05) is 37.3 Å². The molecule has 0 bridgehead atoms. The number of carbonyl (C=O) groups excluding carboxylic acids is 1. The van der Waals surface area contributed by atoms with Crippen molar-refractivity contribution in [3.05, 3.63) is 35.9 Å². The molecule has 1 rings (SSSR count). The lowest BCUT2D eigenvalue weighted by Gasteiger charge is -2.14. The number of hydrogen-bond acceptors (Lipinski definition) is 2. The van der Waals surface area contributed by atoms with Gasteiger partial charge in [0.2, 0.25) is 5.91 Å². The first-order chi connectivity index (χ1) is 8.27. The van der Waals surface area contributed by atoms with Crippen LogP contribution in [0, 0.1) is 5.92 Å². The van der Waals surface area contributed by atoms with Crippen molar-refractivity contribution < 1.29 is 9.90 Å². The van der Waals surface area contributed by atoms with Crippen LogP contribution in [-0.4, -0.2) is 24.2 Å². The molecule has 0 spiro atoms. The van der Waals surface area contributed by atoms with Crippen molar-refractivity contribution in [1.29, 1.82) is 0 Å². The third-order valence-electron chi connectivity index (χ3n) is 2.82.